The second kappa shape index (κ2) is 7.13. The van der Waals surface area contributed by atoms with Gasteiger partial charge in [0.2, 0.25) is 5.82 Å². The minimum Gasteiger partial charge on any atom is -0.306 e. The average Bonchev–Trinajstić information content (AvgIpc) is 3.37. The first kappa shape index (κ1) is 17.1. The van der Waals surface area contributed by atoms with Gasteiger partial charge in [0.15, 0.2) is 5.82 Å². The summed E-state index contributed by atoms with van der Waals surface area (Å²) in [5, 5.41) is 6.35. The number of carbonyl (C=O) groups excluding carboxylic acids is 1. The van der Waals surface area contributed by atoms with E-state index >= 15 is 0 Å². The summed E-state index contributed by atoms with van der Waals surface area (Å²) in [5.41, 5.74) is 0.970. The van der Waals surface area contributed by atoms with Crippen LogP contribution in [0.15, 0.2) is 72.1 Å². The Morgan fingerprint density at radius 2 is 1.78 bits per heavy atom. The number of benzene rings is 2. The Morgan fingerprint density at radius 3 is 2.48 bits per heavy atom. The number of amides is 1. The molecule has 0 spiro atoms. The molecule has 5 nitrogen and oxygen atoms in total. The van der Waals surface area contributed by atoms with Gasteiger partial charge in [0.05, 0.1) is 16.3 Å². The van der Waals surface area contributed by atoms with E-state index in [9.17, 15) is 9.18 Å². The van der Waals surface area contributed by atoms with Crippen LogP contribution in [0.5, 0.6) is 0 Å². The zero-order valence-electron chi connectivity index (χ0n) is 14.4. The molecule has 0 fully saturated rings. The molecule has 0 N–H and O–H groups in total. The maximum absolute atomic E-state index is 14.1. The first-order valence-corrected chi connectivity index (χ1v) is 9.12. The lowest BCUT2D eigenvalue weighted by molar-refractivity contribution is 0.0982. The number of halogens is 1. The third kappa shape index (κ3) is 3.24. The summed E-state index contributed by atoms with van der Waals surface area (Å²) < 4.78 is 15.7. The van der Waals surface area contributed by atoms with Gasteiger partial charge in [-0.05, 0) is 35.7 Å². The monoisotopic (exact) mass is 378 g/mol. The summed E-state index contributed by atoms with van der Waals surface area (Å²) in [7, 11) is 1.51. The van der Waals surface area contributed by atoms with Gasteiger partial charge in [-0.3, -0.25) is 4.79 Å². The van der Waals surface area contributed by atoms with Gasteiger partial charge in [-0.25, -0.2) is 14.1 Å². The van der Waals surface area contributed by atoms with Crippen molar-refractivity contribution in [2.24, 2.45) is 0 Å². The highest BCUT2D eigenvalue weighted by Crippen LogP contribution is 2.26. The van der Waals surface area contributed by atoms with E-state index in [4.69, 9.17) is 0 Å². The molecule has 0 bridgehead atoms. The Hall–Kier alpha value is -3.32. The van der Waals surface area contributed by atoms with Crippen molar-refractivity contribution in [1.82, 2.24) is 14.8 Å². The van der Waals surface area contributed by atoms with Crippen molar-refractivity contribution < 1.29 is 9.18 Å². The topological polar surface area (TPSA) is 51.0 Å². The molecule has 0 unspecified atom stereocenters. The molecule has 0 saturated carbocycles. The van der Waals surface area contributed by atoms with Crippen LogP contribution in [0.25, 0.3) is 16.4 Å². The van der Waals surface area contributed by atoms with Crippen molar-refractivity contribution in [3.8, 4) is 16.4 Å². The third-order valence-electron chi connectivity index (χ3n) is 4.06. The van der Waals surface area contributed by atoms with Crippen LogP contribution >= 0.6 is 11.3 Å². The van der Waals surface area contributed by atoms with Crippen molar-refractivity contribution in [2.75, 3.05) is 11.9 Å². The SMILES string of the molecule is CN(C(=O)c1nc(-c2cccs2)n(-c2ccccc2)n1)c1ccccc1F. The Balaban J connectivity index is 1.78. The Kier molecular flexibility index (Phi) is 4.52. The first-order chi connectivity index (χ1) is 13.1. The van der Waals surface area contributed by atoms with E-state index < -0.39 is 11.7 Å². The van der Waals surface area contributed by atoms with Crippen molar-refractivity contribution in [1.29, 1.82) is 0 Å². The van der Waals surface area contributed by atoms with E-state index in [1.807, 2.05) is 47.8 Å². The van der Waals surface area contributed by atoms with Gasteiger partial charge in [-0.2, -0.15) is 0 Å². The molecule has 4 aromatic rings. The molecule has 0 aliphatic heterocycles. The van der Waals surface area contributed by atoms with Crippen LogP contribution in [0, 0.1) is 5.82 Å². The van der Waals surface area contributed by atoms with E-state index in [0.29, 0.717) is 5.82 Å². The van der Waals surface area contributed by atoms with E-state index in [0.717, 1.165) is 10.6 Å². The molecule has 4 rings (SSSR count). The van der Waals surface area contributed by atoms with Gasteiger partial charge in [-0.1, -0.05) is 36.4 Å². The van der Waals surface area contributed by atoms with Crippen LogP contribution < -0.4 is 4.90 Å². The fourth-order valence-corrected chi connectivity index (χ4v) is 3.40. The molecule has 2 aromatic carbocycles. The zero-order valence-corrected chi connectivity index (χ0v) is 15.2. The fraction of sp³-hybridized carbons (Fsp3) is 0.0500. The van der Waals surface area contributed by atoms with Crippen LogP contribution in [-0.2, 0) is 0 Å². The summed E-state index contributed by atoms with van der Waals surface area (Å²) in [4.78, 5) is 19.5. The first-order valence-electron chi connectivity index (χ1n) is 8.24. The minimum atomic E-state index is -0.479. The van der Waals surface area contributed by atoms with Crippen LogP contribution in [0.2, 0.25) is 0 Å². The number of hydrogen-bond acceptors (Lipinski definition) is 4. The normalized spacial score (nSPS) is 10.7. The van der Waals surface area contributed by atoms with Crippen molar-refractivity contribution in [3.05, 3.63) is 83.8 Å². The molecular weight excluding hydrogens is 363 g/mol. The quantitative estimate of drug-likeness (QED) is 0.528. The number of nitrogens with zero attached hydrogens (tertiary/aromatic N) is 4. The minimum absolute atomic E-state index is 0.00741. The molecule has 0 aliphatic carbocycles. The molecule has 134 valence electrons. The Labute approximate surface area is 159 Å². The van der Waals surface area contributed by atoms with Crippen molar-refractivity contribution >= 4 is 22.9 Å². The van der Waals surface area contributed by atoms with Gasteiger partial charge < -0.3 is 4.90 Å². The summed E-state index contributed by atoms with van der Waals surface area (Å²) in [5.74, 6) is -0.378. The molecular formula is C20H15FN4OS. The molecule has 0 saturated heterocycles. The number of anilines is 1. The number of para-hydroxylation sites is 2. The Bertz CT molecular complexity index is 1080. The Morgan fingerprint density at radius 1 is 1.04 bits per heavy atom. The van der Waals surface area contributed by atoms with Crippen LogP contribution in [0.1, 0.15) is 10.6 Å². The highest BCUT2D eigenvalue weighted by atomic mass is 32.1. The summed E-state index contributed by atoms with van der Waals surface area (Å²) >= 11 is 1.51. The molecule has 0 radical (unpaired) electrons. The third-order valence-corrected chi connectivity index (χ3v) is 4.93. The molecule has 1 amide bonds. The summed E-state index contributed by atoms with van der Waals surface area (Å²) in [6, 6.07) is 19.4. The van der Waals surface area contributed by atoms with Crippen LogP contribution in [-0.4, -0.2) is 27.7 Å². The number of thiophene rings is 1. The predicted molar refractivity (Wildman–Crippen MR) is 104 cm³/mol. The van der Waals surface area contributed by atoms with Crippen molar-refractivity contribution in [3.63, 3.8) is 0 Å². The number of aromatic nitrogens is 3. The molecule has 0 atom stereocenters. The smallest absolute Gasteiger partial charge is 0.297 e. The predicted octanol–water partition coefficient (Wildman–Crippen LogP) is 4.41. The molecule has 27 heavy (non-hydrogen) atoms. The van der Waals surface area contributed by atoms with Crippen molar-refractivity contribution in [2.45, 2.75) is 0 Å². The molecule has 2 aromatic heterocycles. The van der Waals surface area contributed by atoms with Gasteiger partial charge in [0, 0.05) is 7.05 Å². The standard InChI is InChI=1S/C20H15FN4OS/c1-24(16-11-6-5-10-15(16)21)20(26)18-22-19(17-12-7-13-27-17)25(23-18)14-8-3-2-4-9-14/h2-13H,1H3. The summed E-state index contributed by atoms with van der Waals surface area (Å²) in [6.07, 6.45) is 0. The van der Waals surface area contributed by atoms with E-state index in [-0.39, 0.29) is 11.5 Å². The van der Waals surface area contributed by atoms with Crippen LogP contribution in [0.3, 0.4) is 0 Å². The lowest BCUT2D eigenvalue weighted by atomic mass is 10.3. The molecule has 2 heterocycles. The highest BCUT2D eigenvalue weighted by Gasteiger charge is 2.24. The zero-order chi connectivity index (χ0) is 18.8. The van der Waals surface area contributed by atoms with E-state index in [1.165, 1.54) is 29.4 Å². The van der Waals surface area contributed by atoms with E-state index in [2.05, 4.69) is 10.1 Å². The average molecular weight is 378 g/mol. The number of rotatable bonds is 4. The molecule has 7 heteroatoms. The van der Waals surface area contributed by atoms with Gasteiger partial charge in [0.25, 0.3) is 5.91 Å². The highest BCUT2D eigenvalue weighted by molar-refractivity contribution is 7.13. The second-order valence-electron chi connectivity index (χ2n) is 5.80. The maximum atomic E-state index is 14.1. The largest absolute Gasteiger partial charge is 0.306 e. The van der Waals surface area contributed by atoms with Gasteiger partial charge in [-0.15, -0.1) is 16.4 Å². The second-order valence-corrected chi connectivity index (χ2v) is 6.75. The fourth-order valence-electron chi connectivity index (χ4n) is 2.70. The van der Waals surface area contributed by atoms with Gasteiger partial charge in [0.1, 0.15) is 5.82 Å². The van der Waals surface area contributed by atoms with Crippen LogP contribution in [0.4, 0.5) is 10.1 Å². The summed E-state index contributed by atoms with van der Waals surface area (Å²) in [6.45, 7) is 0. The number of hydrogen-bond donors (Lipinski definition) is 0. The van der Waals surface area contributed by atoms with E-state index in [1.54, 1.807) is 22.9 Å². The van der Waals surface area contributed by atoms with Gasteiger partial charge >= 0.3 is 0 Å². The number of carbonyl (C=O) groups is 1. The molecule has 0 aliphatic rings. The lowest BCUT2D eigenvalue weighted by Crippen LogP contribution is -2.28. The maximum Gasteiger partial charge on any atom is 0.297 e. The lowest BCUT2D eigenvalue weighted by Gasteiger charge is -2.15.